The van der Waals surface area contributed by atoms with Crippen LogP contribution in [-0.2, 0) is 60.4 Å². The molecule has 1 amide bonds. The number of nitrogens with one attached hydrogen (secondary N) is 1. The number of pyridine rings is 1. The number of carbonyl (C=O) groups is 1. The number of thiophene rings is 1. The molecule has 4 aromatic rings. The number of nitrogen functional groups attached to an aromatic ring is 1. The minimum Gasteiger partial charge on any atom is -0.384 e. The van der Waals surface area contributed by atoms with E-state index in [-0.39, 0.29) is 5.91 Å². The average molecular weight is 959 g/mol. The van der Waals surface area contributed by atoms with Gasteiger partial charge in [0.05, 0.1) is 134 Å². The molecule has 0 aromatic carbocycles. The van der Waals surface area contributed by atoms with Crippen LogP contribution in [0.1, 0.15) is 43.5 Å². The second-order valence-electron chi connectivity index (χ2n) is 15.4. The monoisotopic (exact) mass is 958 g/mol. The van der Waals surface area contributed by atoms with Crippen molar-refractivity contribution in [1.29, 1.82) is 0 Å². The van der Waals surface area contributed by atoms with Crippen molar-refractivity contribution in [3.05, 3.63) is 35.2 Å². The number of likely N-dealkylation sites (tertiary alicyclic amines) is 1. The molecule has 18 nitrogen and oxygen atoms in total. The number of piperidine rings is 1. The van der Waals surface area contributed by atoms with Crippen molar-refractivity contribution in [3.63, 3.8) is 0 Å². The lowest BCUT2D eigenvalue weighted by atomic mass is 9.96. The number of amides is 1. The summed E-state index contributed by atoms with van der Waals surface area (Å²) in [6.45, 7) is 13.1. The summed E-state index contributed by atoms with van der Waals surface area (Å²) in [5, 5.41) is 5.65. The number of hydrogen-bond acceptors (Lipinski definition) is 18. The van der Waals surface area contributed by atoms with Crippen molar-refractivity contribution in [2.75, 3.05) is 158 Å². The van der Waals surface area contributed by atoms with Crippen LogP contribution >= 0.6 is 23.1 Å². The second-order valence-corrected chi connectivity index (χ2v) is 17.0. The van der Waals surface area contributed by atoms with Gasteiger partial charge in [-0.1, -0.05) is 23.6 Å². The van der Waals surface area contributed by atoms with Crippen molar-refractivity contribution < 1.29 is 47.4 Å². The zero-order valence-corrected chi connectivity index (χ0v) is 40.5. The molecule has 0 spiro atoms. The van der Waals surface area contributed by atoms with Crippen LogP contribution in [0, 0.1) is 17.8 Å². The Kier molecular flexibility index (Phi) is 26.7. The minimum absolute atomic E-state index is 0.00946. The van der Waals surface area contributed by atoms with Crippen LogP contribution in [0.25, 0.3) is 21.3 Å². The molecule has 0 saturated carbocycles. The summed E-state index contributed by atoms with van der Waals surface area (Å²) >= 11 is 3.19. The van der Waals surface area contributed by atoms with Crippen molar-refractivity contribution in [3.8, 4) is 11.8 Å². The van der Waals surface area contributed by atoms with Gasteiger partial charge in [-0.25, -0.2) is 19.9 Å². The van der Waals surface area contributed by atoms with Gasteiger partial charge in [-0.3, -0.25) is 4.79 Å². The van der Waals surface area contributed by atoms with Crippen LogP contribution in [0.2, 0.25) is 0 Å². The number of rotatable bonds is 36. The number of hydrogen-bond donors (Lipinski definition) is 2. The number of fused-ring (bicyclic) bond motifs is 3. The van der Waals surface area contributed by atoms with E-state index >= 15 is 0 Å². The summed E-state index contributed by atoms with van der Waals surface area (Å²) in [7, 11) is 1.73. The third-order valence-corrected chi connectivity index (χ3v) is 12.0. The largest absolute Gasteiger partial charge is 0.384 e. The van der Waals surface area contributed by atoms with E-state index in [0.29, 0.717) is 150 Å². The highest BCUT2D eigenvalue weighted by Crippen LogP contribution is 2.34. The Labute approximate surface area is 397 Å². The van der Waals surface area contributed by atoms with E-state index < -0.39 is 0 Å². The predicted molar refractivity (Wildman–Crippen MR) is 256 cm³/mol. The van der Waals surface area contributed by atoms with Gasteiger partial charge in [0.25, 0.3) is 0 Å². The molecule has 366 valence electrons. The first-order valence-corrected chi connectivity index (χ1v) is 25.1. The molecule has 3 N–H and O–H groups in total. The Balaban J connectivity index is 0.718. The van der Waals surface area contributed by atoms with Gasteiger partial charge in [0.15, 0.2) is 11.0 Å². The predicted octanol–water partition coefficient (Wildman–Crippen LogP) is 4.11. The normalized spacial score (nSPS) is 13.5. The third-order valence-electron chi connectivity index (χ3n) is 10.5. The Morgan fingerprint density at radius 3 is 1.97 bits per heavy atom. The number of imidazole rings is 1. The topological polar surface area (TPSA) is 198 Å². The summed E-state index contributed by atoms with van der Waals surface area (Å²) < 4.78 is 53.7. The maximum atomic E-state index is 12.0. The highest BCUT2D eigenvalue weighted by Gasteiger charge is 2.24. The molecule has 0 radical (unpaired) electrons. The molecule has 0 unspecified atom stereocenters. The van der Waals surface area contributed by atoms with Crippen LogP contribution < -0.4 is 11.1 Å². The number of aromatic nitrogens is 5. The molecule has 0 atom stereocenters. The van der Waals surface area contributed by atoms with Gasteiger partial charge in [-0.05, 0) is 56.0 Å². The van der Waals surface area contributed by atoms with Gasteiger partial charge in [0, 0.05) is 58.4 Å². The molecule has 66 heavy (non-hydrogen) atoms. The van der Waals surface area contributed by atoms with E-state index in [1.165, 1.54) is 11.8 Å². The zero-order valence-electron chi connectivity index (χ0n) is 38.8. The number of unbranched alkanes of at least 4 members (excludes halogenated alkanes) is 1. The van der Waals surface area contributed by atoms with Crippen LogP contribution in [0.3, 0.4) is 0 Å². The fourth-order valence-corrected chi connectivity index (χ4v) is 8.27. The first-order chi connectivity index (χ1) is 32.6. The number of thioether (sulfide) groups is 1. The molecule has 0 bridgehead atoms. The fraction of sp³-hybridized carbons (Fsp3) is 0.674. The average Bonchev–Trinajstić information content (AvgIpc) is 3.95. The summed E-state index contributed by atoms with van der Waals surface area (Å²) in [4.78, 5) is 32.4. The molecule has 20 heteroatoms. The van der Waals surface area contributed by atoms with E-state index in [4.69, 9.17) is 53.3 Å². The number of methoxy groups -OCH3 is 1. The maximum absolute atomic E-state index is 12.0. The van der Waals surface area contributed by atoms with Crippen LogP contribution in [0.4, 0.5) is 5.82 Å². The highest BCUT2D eigenvalue weighted by molar-refractivity contribution is 7.98. The van der Waals surface area contributed by atoms with E-state index in [2.05, 4.69) is 47.0 Å². The molecule has 4 aromatic heterocycles. The molecule has 1 fully saturated rings. The van der Waals surface area contributed by atoms with Crippen LogP contribution in [0.15, 0.2) is 29.0 Å². The SMILES string of the molecule is COCCc1nc2c(N)nc3ccsc3c2n1CC1CCN(CCOCCOCCOCCOCCOCCOCCOCCOCCNC(=O)CCCC#Cc2cnc(SC)nc2)CC1. The third kappa shape index (κ3) is 20.3. The molecule has 1 aliphatic rings. The molecular weight excluding hydrogens is 889 g/mol. The lowest BCUT2D eigenvalue weighted by Crippen LogP contribution is -2.37. The standard InChI is InChI=1S/C46H70N8O10S2/c1-56-16-10-40-52-42-43(44-39(11-33-66-44)51-45(42)47)54(40)36-37-8-13-53(14-9-37)15-18-58-20-22-60-24-26-62-28-30-64-32-31-63-29-27-61-25-23-59-21-19-57-17-12-48-41(55)7-5-3-4-6-38-34-49-46(65-2)50-35-38/h11,33-35,37H,3,5,7-10,12-32,36H2,1-2H3,(H2,47,51)(H,48,55). The van der Waals surface area contributed by atoms with Crippen LogP contribution in [-0.4, -0.2) is 187 Å². The van der Waals surface area contributed by atoms with Gasteiger partial charge in [-0.15, -0.1) is 11.3 Å². The lowest BCUT2D eigenvalue weighted by molar-refractivity contribution is -0.121. The summed E-state index contributed by atoms with van der Waals surface area (Å²) in [6.07, 6.45) is 10.1. The maximum Gasteiger partial charge on any atom is 0.220 e. The first-order valence-electron chi connectivity index (χ1n) is 23.0. The number of nitrogens with zero attached hydrogens (tertiary/aromatic N) is 6. The number of nitrogens with two attached hydrogens (primary N) is 1. The highest BCUT2D eigenvalue weighted by atomic mass is 32.2. The van der Waals surface area contributed by atoms with Gasteiger partial charge in [0.1, 0.15) is 11.3 Å². The van der Waals surface area contributed by atoms with Crippen molar-refractivity contribution >= 4 is 56.1 Å². The smallest absolute Gasteiger partial charge is 0.220 e. The summed E-state index contributed by atoms with van der Waals surface area (Å²) in [5.74, 6) is 8.15. The Bertz CT molecular complexity index is 1990. The molecule has 1 saturated heterocycles. The zero-order chi connectivity index (χ0) is 46.3. The van der Waals surface area contributed by atoms with E-state index in [1.807, 2.05) is 12.3 Å². The number of anilines is 1. The molecule has 0 aliphatic carbocycles. The van der Waals surface area contributed by atoms with Gasteiger partial charge in [0.2, 0.25) is 5.91 Å². The van der Waals surface area contributed by atoms with E-state index in [1.54, 1.807) is 30.8 Å². The van der Waals surface area contributed by atoms with Gasteiger partial charge < -0.3 is 63.1 Å². The van der Waals surface area contributed by atoms with Gasteiger partial charge in [-0.2, -0.15) is 0 Å². The molecule has 5 heterocycles. The number of ether oxygens (including phenoxy) is 9. The molecule has 5 rings (SSSR count). The van der Waals surface area contributed by atoms with E-state index in [9.17, 15) is 4.79 Å². The van der Waals surface area contributed by atoms with Gasteiger partial charge >= 0.3 is 0 Å². The number of carbonyl (C=O) groups excluding carboxylic acids is 1. The molecular formula is C46H70N8O10S2. The summed E-state index contributed by atoms with van der Waals surface area (Å²) in [6, 6.07) is 2.03. The first kappa shape index (κ1) is 53.4. The fourth-order valence-electron chi connectivity index (χ4n) is 7.06. The lowest BCUT2D eigenvalue weighted by Gasteiger charge is -2.32. The van der Waals surface area contributed by atoms with E-state index in [0.717, 1.165) is 83.2 Å². The minimum atomic E-state index is -0.00946. The Morgan fingerprint density at radius 2 is 1.39 bits per heavy atom. The van der Waals surface area contributed by atoms with Crippen molar-refractivity contribution in [2.45, 2.75) is 50.2 Å². The molecule has 1 aliphatic heterocycles. The van der Waals surface area contributed by atoms with Crippen molar-refractivity contribution in [1.82, 2.24) is 34.7 Å². The quantitative estimate of drug-likeness (QED) is 0.0286. The van der Waals surface area contributed by atoms with Crippen LogP contribution in [0.5, 0.6) is 0 Å². The Morgan fingerprint density at radius 1 is 0.818 bits per heavy atom. The second kappa shape index (κ2) is 33.0. The Hall–Kier alpha value is -3.56. The summed E-state index contributed by atoms with van der Waals surface area (Å²) in [5.41, 5.74) is 9.98. The van der Waals surface area contributed by atoms with Crippen molar-refractivity contribution in [2.24, 2.45) is 5.92 Å².